The molecule has 0 radical (unpaired) electrons. The van der Waals surface area contributed by atoms with Crippen LogP contribution in [0.5, 0.6) is 11.5 Å². The van der Waals surface area contributed by atoms with Crippen LogP contribution in [0.1, 0.15) is 11.1 Å². The lowest BCUT2D eigenvalue weighted by atomic mass is 10.00. The van der Waals surface area contributed by atoms with E-state index >= 15 is 0 Å². The van der Waals surface area contributed by atoms with E-state index in [0.717, 1.165) is 49.9 Å². The first-order valence-corrected chi connectivity index (χ1v) is 14.5. The number of para-hydroxylation sites is 2. The molecule has 0 spiro atoms. The highest BCUT2D eigenvalue weighted by molar-refractivity contribution is 6.13. The van der Waals surface area contributed by atoms with Crippen molar-refractivity contribution in [3.8, 4) is 22.8 Å². The maximum atomic E-state index is 5.98. The second-order valence-electron chi connectivity index (χ2n) is 10.9. The summed E-state index contributed by atoms with van der Waals surface area (Å²) in [4.78, 5) is 9.24. The number of methoxy groups -OCH3 is 2. The normalized spacial score (nSPS) is 11.3. The summed E-state index contributed by atoms with van der Waals surface area (Å²) in [5, 5.41) is 6.66. The van der Waals surface area contributed by atoms with E-state index in [4.69, 9.17) is 20.2 Å². The Bertz CT molecular complexity index is 2340. The molecule has 0 saturated carbocycles. The third kappa shape index (κ3) is 4.43. The van der Waals surface area contributed by atoms with Crippen LogP contribution in [0.25, 0.3) is 60.3 Å². The number of rotatable bonds is 3. The topological polar surface area (TPSA) is 74.7 Å². The summed E-state index contributed by atoms with van der Waals surface area (Å²) in [7, 11) is 3.35. The van der Waals surface area contributed by atoms with Gasteiger partial charge in [0.15, 0.2) is 0 Å². The molecule has 0 aliphatic carbocycles. The van der Waals surface area contributed by atoms with Gasteiger partial charge in [-0.25, -0.2) is 9.97 Å². The summed E-state index contributed by atoms with van der Waals surface area (Å²) in [5.74, 6) is 2.18. The number of anilines is 1. The third-order valence-corrected chi connectivity index (χ3v) is 8.34. The molecule has 0 unspecified atom stereocenters. The molecule has 0 saturated heterocycles. The highest BCUT2D eigenvalue weighted by atomic mass is 16.5. The van der Waals surface area contributed by atoms with E-state index in [0.29, 0.717) is 5.82 Å². The molecule has 8 rings (SSSR count). The Balaban J connectivity index is 0.000000158. The van der Waals surface area contributed by atoms with Gasteiger partial charge in [0, 0.05) is 27.1 Å². The fourth-order valence-corrected chi connectivity index (χ4v) is 6.23. The lowest BCUT2D eigenvalue weighted by molar-refractivity contribution is 0.415. The first-order valence-electron chi connectivity index (χ1n) is 14.5. The van der Waals surface area contributed by atoms with Crippen molar-refractivity contribution in [1.82, 2.24) is 14.4 Å². The van der Waals surface area contributed by atoms with Gasteiger partial charge in [-0.15, -0.1) is 0 Å². The van der Waals surface area contributed by atoms with Crippen LogP contribution in [-0.2, 0) is 0 Å². The van der Waals surface area contributed by atoms with E-state index in [1.165, 1.54) is 33.0 Å². The average Bonchev–Trinajstić information content (AvgIpc) is 3.50. The highest BCUT2D eigenvalue weighted by Crippen LogP contribution is 2.36. The van der Waals surface area contributed by atoms with Gasteiger partial charge in [-0.05, 0) is 84.3 Å². The zero-order chi connectivity index (χ0) is 30.4. The number of nitrogen functional groups attached to an aromatic ring is 1. The molecule has 5 aromatic carbocycles. The van der Waals surface area contributed by atoms with Gasteiger partial charge < -0.3 is 15.2 Å². The first-order chi connectivity index (χ1) is 21.5. The molecule has 0 aliphatic heterocycles. The minimum Gasteiger partial charge on any atom is -0.497 e. The molecule has 3 aromatic heterocycles. The fraction of sp³-hybridized carbons (Fsp3) is 0.105. The molecular formula is C38H32N4O2. The average molecular weight is 577 g/mol. The smallest absolute Gasteiger partial charge is 0.145 e. The van der Waals surface area contributed by atoms with Crippen LogP contribution in [0.2, 0.25) is 0 Å². The fourth-order valence-electron chi connectivity index (χ4n) is 6.23. The van der Waals surface area contributed by atoms with Gasteiger partial charge in [-0.2, -0.15) is 0 Å². The summed E-state index contributed by atoms with van der Waals surface area (Å²) in [5.41, 5.74) is 13.9. The Morgan fingerprint density at radius 3 is 1.93 bits per heavy atom. The number of ether oxygens (including phenoxy) is 2. The summed E-state index contributed by atoms with van der Waals surface area (Å²) in [6.45, 7) is 4.32. The Morgan fingerprint density at radius 1 is 0.614 bits per heavy atom. The molecule has 6 nitrogen and oxygen atoms in total. The maximum absolute atomic E-state index is 5.98. The molecular weight excluding hydrogens is 544 g/mol. The second-order valence-corrected chi connectivity index (χ2v) is 10.9. The zero-order valence-electron chi connectivity index (χ0n) is 25.1. The number of nitrogens with zero attached hydrogens (tertiary/aromatic N) is 3. The summed E-state index contributed by atoms with van der Waals surface area (Å²) < 4.78 is 13.0. The van der Waals surface area contributed by atoms with Crippen LogP contribution in [0.3, 0.4) is 0 Å². The monoisotopic (exact) mass is 576 g/mol. The second kappa shape index (κ2) is 10.9. The van der Waals surface area contributed by atoms with Crippen LogP contribution in [-0.4, -0.2) is 28.6 Å². The Morgan fingerprint density at radius 2 is 1.23 bits per heavy atom. The van der Waals surface area contributed by atoms with Crippen molar-refractivity contribution in [2.24, 2.45) is 0 Å². The van der Waals surface area contributed by atoms with Crippen LogP contribution < -0.4 is 15.2 Å². The zero-order valence-corrected chi connectivity index (χ0v) is 25.1. The van der Waals surface area contributed by atoms with E-state index in [9.17, 15) is 0 Å². The molecule has 0 atom stereocenters. The molecule has 0 fully saturated rings. The highest BCUT2D eigenvalue weighted by Gasteiger charge is 2.17. The van der Waals surface area contributed by atoms with Gasteiger partial charge in [0.05, 0.1) is 37.1 Å². The first kappa shape index (κ1) is 27.2. The van der Waals surface area contributed by atoms with Crippen LogP contribution >= 0.6 is 0 Å². The molecule has 2 N–H and O–H groups in total. The van der Waals surface area contributed by atoms with Crippen molar-refractivity contribution < 1.29 is 9.47 Å². The maximum Gasteiger partial charge on any atom is 0.145 e. The number of nitrogens with two attached hydrogens (primary N) is 1. The Labute approximate surface area is 255 Å². The van der Waals surface area contributed by atoms with Gasteiger partial charge in [-0.3, -0.25) is 4.40 Å². The minimum absolute atomic E-state index is 0.539. The predicted molar refractivity (Wildman–Crippen MR) is 182 cm³/mol. The molecule has 3 heterocycles. The van der Waals surface area contributed by atoms with E-state index < -0.39 is 0 Å². The SMILES string of the molecule is COc1ccc2c(c1)c(N)nc1ccccc12.COc1ccc2c3ccccc3n3c(-c4c(C)cccc4C)cnc3c2c1. The van der Waals surface area contributed by atoms with Crippen LogP contribution in [0, 0.1) is 13.8 Å². The van der Waals surface area contributed by atoms with Crippen molar-refractivity contribution >= 4 is 54.8 Å². The van der Waals surface area contributed by atoms with Crippen molar-refractivity contribution in [3.63, 3.8) is 0 Å². The predicted octanol–water partition coefficient (Wildman–Crippen LogP) is 8.91. The van der Waals surface area contributed by atoms with Crippen molar-refractivity contribution in [2.45, 2.75) is 13.8 Å². The molecule has 8 aromatic rings. The largest absolute Gasteiger partial charge is 0.497 e. The van der Waals surface area contributed by atoms with Gasteiger partial charge in [0.1, 0.15) is 23.0 Å². The number of imidazole rings is 1. The van der Waals surface area contributed by atoms with Gasteiger partial charge >= 0.3 is 0 Å². The number of fused-ring (bicyclic) bond motifs is 9. The van der Waals surface area contributed by atoms with Crippen molar-refractivity contribution in [3.05, 3.63) is 120 Å². The minimum atomic E-state index is 0.539. The molecule has 0 amide bonds. The summed E-state index contributed by atoms with van der Waals surface area (Å²) in [6, 6.07) is 35.1. The van der Waals surface area contributed by atoms with E-state index in [-0.39, 0.29) is 0 Å². The van der Waals surface area contributed by atoms with Crippen LogP contribution in [0.4, 0.5) is 5.82 Å². The van der Waals surface area contributed by atoms with E-state index in [2.05, 4.69) is 83.9 Å². The summed E-state index contributed by atoms with van der Waals surface area (Å²) >= 11 is 0. The van der Waals surface area contributed by atoms with E-state index in [1.807, 2.05) is 48.7 Å². The van der Waals surface area contributed by atoms with Crippen molar-refractivity contribution in [2.75, 3.05) is 20.0 Å². The number of pyridine rings is 2. The molecule has 0 bridgehead atoms. The Kier molecular flexibility index (Phi) is 6.74. The molecule has 0 aliphatic rings. The third-order valence-electron chi connectivity index (χ3n) is 8.34. The van der Waals surface area contributed by atoms with Gasteiger partial charge in [0.2, 0.25) is 0 Å². The quantitative estimate of drug-likeness (QED) is 0.213. The standard InChI is InChI=1S/C24H20N2O.C14H12N2O/c1-15-7-6-8-16(2)23(15)22-14-25-24-20-13-17(27-3)11-12-18(20)19-9-4-5-10-21(19)26(22)24;1-17-9-6-7-10-11-4-2-3-5-13(11)16-14(15)12(10)8-9/h4-14H,1-3H3;2-8H,1H3,(H2,15,16). The van der Waals surface area contributed by atoms with Gasteiger partial charge in [-0.1, -0.05) is 54.6 Å². The van der Waals surface area contributed by atoms with Crippen molar-refractivity contribution in [1.29, 1.82) is 0 Å². The molecule has 216 valence electrons. The summed E-state index contributed by atoms with van der Waals surface area (Å²) in [6.07, 6.45) is 2.00. The molecule has 44 heavy (non-hydrogen) atoms. The van der Waals surface area contributed by atoms with Crippen LogP contribution in [0.15, 0.2) is 109 Å². The molecule has 6 heteroatoms. The lowest BCUT2D eigenvalue weighted by Gasteiger charge is -2.14. The van der Waals surface area contributed by atoms with Gasteiger partial charge in [0.25, 0.3) is 0 Å². The number of hydrogen-bond acceptors (Lipinski definition) is 5. The number of aryl methyl sites for hydroxylation is 2. The van der Waals surface area contributed by atoms with E-state index in [1.54, 1.807) is 14.2 Å². The number of hydrogen-bond donors (Lipinski definition) is 1. The Hall–Kier alpha value is -5.62. The number of aromatic nitrogens is 3. The lowest BCUT2D eigenvalue weighted by Crippen LogP contribution is -1.96. The number of benzene rings is 5.